The number of fused-ring (bicyclic) bond motifs is 1. The third kappa shape index (κ3) is 10.9. The highest BCUT2D eigenvalue weighted by atomic mass is 19.4. The molecular formula is C36H43F3N4O6. The molecule has 1 aliphatic rings. The molecule has 4 amide bonds. The Morgan fingerprint density at radius 2 is 1.59 bits per heavy atom. The number of carbonyl (C=O) groups excluding carboxylic acids is 4. The lowest BCUT2D eigenvalue weighted by Crippen LogP contribution is -2.59. The molecule has 4 rings (SSSR count). The summed E-state index contributed by atoms with van der Waals surface area (Å²) in [5.41, 5.74) is 1.45. The van der Waals surface area contributed by atoms with Crippen molar-refractivity contribution >= 4 is 34.6 Å². The molecule has 0 spiro atoms. The minimum Gasteiger partial charge on any atom is -0.445 e. The first kappa shape index (κ1) is 37.2. The zero-order chi connectivity index (χ0) is 35.6. The smallest absolute Gasteiger partial charge is 0.416 e. The number of amides is 4. The molecule has 0 aromatic heterocycles. The first-order valence-corrected chi connectivity index (χ1v) is 16.4. The number of aliphatic hydroxyl groups is 1. The lowest BCUT2D eigenvalue weighted by molar-refractivity contribution is -0.213. The summed E-state index contributed by atoms with van der Waals surface area (Å²) >= 11 is 0. The van der Waals surface area contributed by atoms with E-state index < -0.39 is 66.6 Å². The lowest BCUT2D eigenvalue weighted by atomic mass is 9.89. The van der Waals surface area contributed by atoms with Crippen LogP contribution in [0.5, 0.6) is 0 Å². The lowest BCUT2D eigenvalue weighted by Gasteiger charge is -2.32. The number of alkyl carbamates (subject to hydrolysis) is 1. The molecule has 1 fully saturated rings. The Balaban J connectivity index is 1.56. The van der Waals surface area contributed by atoms with Crippen molar-refractivity contribution in [1.29, 1.82) is 0 Å². The molecule has 1 aliphatic heterocycles. The number of alkyl halides is 3. The van der Waals surface area contributed by atoms with Crippen LogP contribution in [0.3, 0.4) is 0 Å². The molecule has 5 atom stereocenters. The summed E-state index contributed by atoms with van der Waals surface area (Å²) < 4.78 is 46.5. The van der Waals surface area contributed by atoms with Gasteiger partial charge in [-0.3, -0.25) is 14.4 Å². The van der Waals surface area contributed by atoms with E-state index in [1.165, 1.54) is 0 Å². The van der Waals surface area contributed by atoms with Crippen LogP contribution < -0.4 is 21.3 Å². The molecule has 13 heteroatoms. The number of carbonyl (C=O) groups is 4. The van der Waals surface area contributed by atoms with Crippen LogP contribution >= 0.6 is 0 Å². The summed E-state index contributed by atoms with van der Waals surface area (Å²) in [4.78, 5) is 52.8. The predicted molar refractivity (Wildman–Crippen MR) is 177 cm³/mol. The summed E-state index contributed by atoms with van der Waals surface area (Å²) in [6.07, 6.45) is -8.45. The SMILES string of the molecule is CC(C)C[C@H](NC(=O)[C@H](Cc1cccc2ccccc12)NC(=O)OCc1ccccc1)C(=O)N[C@@H](C[C@@H]1CCCNC1=O)C(O)C(F)(F)F. The fourth-order valence-electron chi connectivity index (χ4n) is 5.93. The molecule has 1 heterocycles. The van der Waals surface area contributed by atoms with Crippen LogP contribution in [0.25, 0.3) is 10.8 Å². The van der Waals surface area contributed by atoms with Crippen molar-refractivity contribution in [2.45, 2.75) is 83.0 Å². The Hall–Kier alpha value is -4.65. The fourth-order valence-corrected chi connectivity index (χ4v) is 5.93. The topological polar surface area (TPSA) is 146 Å². The second kappa shape index (κ2) is 17.1. The molecular weight excluding hydrogens is 641 g/mol. The van der Waals surface area contributed by atoms with Gasteiger partial charge in [-0.2, -0.15) is 13.2 Å². The van der Waals surface area contributed by atoms with Crippen molar-refractivity contribution in [3.63, 3.8) is 0 Å². The second-order valence-electron chi connectivity index (χ2n) is 12.8. The van der Waals surface area contributed by atoms with E-state index in [1.807, 2.05) is 48.5 Å². The fraction of sp³-hybridized carbons (Fsp3) is 0.444. The molecule has 1 unspecified atom stereocenters. The highest BCUT2D eigenvalue weighted by Crippen LogP contribution is 2.28. The number of aliphatic hydroxyl groups excluding tert-OH is 1. The quantitative estimate of drug-likeness (QED) is 0.169. The van der Waals surface area contributed by atoms with E-state index in [9.17, 15) is 37.5 Å². The largest absolute Gasteiger partial charge is 0.445 e. The number of rotatable bonds is 14. The predicted octanol–water partition coefficient (Wildman–Crippen LogP) is 4.53. The zero-order valence-electron chi connectivity index (χ0n) is 27.5. The Bertz CT molecular complexity index is 1580. The first-order chi connectivity index (χ1) is 23.3. The average molecular weight is 685 g/mol. The molecule has 0 saturated carbocycles. The molecule has 0 radical (unpaired) electrons. The highest BCUT2D eigenvalue weighted by Gasteiger charge is 2.46. The average Bonchev–Trinajstić information content (AvgIpc) is 3.07. The number of ether oxygens (including phenoxy) is 1. The number of hydrogen-bond donors (Lipinski definition) is 5. The van der Waals surface area contributed by atoms with Gasteiger partial charge in [-0.05, 0) is 53.5 Å². The standard InChI is InChI=1S/C36H43F3N4O6/c1-22(2)18-29(33(46)41-28(31(44)36(37,38)39)20-26-15-9-17-40-32(26)45)42-34(47)30(43-35(48)49-21-23-10-4-3-5-11-23)19-25-14-8-13-24-12-6-7-16-27(24)25/h3-8,10-14,16,22,26,28-31,44H,9,15,17-21H2,1-2H3,(H,40,45)(H,41,46)(H,42,47)(H,43,48)/t26-,28-,29-,30-,31?/m0/s1. The summed E-state index contributed by atoms with van der Waals surface area (Å²) in [6, 6.07) is 17.5. The van der Waals surface area contributed by atoms with E-state index in [1.54, 1.807) is 38.1 Å². The van der Waals surface area contributed by atoms with Gasteiger partial charge < -0.3 is 31.1 Å². The van der Waals surface area contributed by atoms with E-state index in [-0.39, 0.29) is 25.4 Å². The maximum absolute atomic E-state index is 13.9. The van der Waals surface area contributed by atoms with Crippen LogP contribution in [-0.4, -0.2) is 65.9 Å². The summed E-state index contributed by atoms with van der Waals surface area (Å²) in [6.45, 7) is 3.88. The van der Waals surface area contributed by atoms with Crippen LogP contribution in [0.1, 0.15) is 50.7 Å². The van der Waals surface area contributed by atoms with Crippen molar-refractivity contribution in [2.75, 3.05) is 6.54 Å². The number of benzene rings is 3. The van der Waals surface area contributed by atoms with E-state index in [4.69, 9.17) is 4.74 Å². The van der Waals surface area contributed by atoms with Gasteiger partial charge in [0.2, 0.25) is 17.7 Å². The van der Waals surface area contributed by atoms with Gasteiger partial charge in [0.05, 0.1) is 6.04 Å². The minimum absolute atomic E-state index is 0.00977. The molecule has 49 heavy (non-hydrogen) atoms. The Labute approximate surface area is 283 Å². The highest BCUT2D eigenvalue weighted by molar-refractivity contribution is 5.93. The van der Waals surface area contributed by atoms with Crippen LogP contribution in [0.2, 0.25) is 0 Å². The Morgan fingerprint density at radius 1 is 0.918 bits per heavy atom. The Kier molecular flexibility index (Phi) is 13.0. The molecule has 3 aromatic rings. The molecule has 5 N–H and O–H groups in total. The van der Waals surface area contributed by atoms with Crippen molar-refractivity contribution in [3.8, 4) is 0 Å². The van der Waals surface area contributed by atoms with E-state index >= 15 is 0 Å². The molecule has 264 valence electrons. The van der Waals surface area contributed by atoms with Gasteiger partial charge in [-0.25, -0.2) is 4.79 Å². The van der Waals surface area contributed by atoms with Gasteiger partial charge in [0, 0.05) is 18.9 Å². The Morgan fingerprint density at radius 3 is 2.29 bits per heavy atom. The van der Waals surface area contributed by atoms with Crippen molar-refractivity contribution in [2.24, 2.45) is 11.8 Å². The van der Waals surface area contributed by atoms with Crippen molar-refractivity contribution < 1.29 is 42.2 Å². The summed E-state index contributed by atoms with van der Waals surface area (Å²) in [7, 11) is 0. The third-order valence-electron chi connectivity index (χ3n) is 8.45. The normalized spacial score (nSPS) is 17.4. The maximum Gasteiger partial charge on any atom is 0.416 e. The van der Waals surface area contributed by atoms with E-state index in [0.29, 0.717) is 19.4 Å². The molecule has 10 nitrogen and oxygen atoms in total. The van der Waals surface area contributed by atoms with Crippen LogP contribution in [0.4, 0.5) is 18.0 Å². The van der Waals surface area contributed by atoms with E-state index in [0.717, 1.165) is 21.9 Å². The van der Waals surface area contributed by atoms with E-state index in [2.05, 4.69) is 21.3 Å². The van der Waals surface area contributed by atoms with Crippen LogP contribution in [0.15, 0.2) is 72.8 Å². The number of nitrogens with one attached hydrogen (secondary N) is 4. The molecule has 3 aromatic carbocycles. The second-order valence-corrected chi connectivity index (χ2v) is 12.8. The number of piperidine rings is 1. The zero-order valence-corrected chi connectivity index (χ0v) is 27.5. The molecule has 0 aliphatic carbocycles. The van der Waals surface area contributed by atoms with Crippen LogP contribution in [-0.2, 0) is 32.1 Å². The maximum atomic E-state index is 13.9. The van der Waals surface area contributed by atoms with Gasteiger partial charge in [-0.1, -0.05) is 86.6 Å². The summed E-state index contributed by atoms with van der Waals surface area (Å²) in [5.74, 6) is -3.20. The van der Waals surface area contributed by atoms with Gasteiger partial charge in [0.15, 0.2) is 6.10 Å². The third-order valence-corrected chi connectivity index (χ3v) is 8.45. The monoisotopic (exact) mass is 684 g/mol. The van der Waals surface area contributed by atoms with Gasteiger partial charge >= 0.3 is 12.3 Å². The van der Waals surface area contributed by atoms with Crippen molar-refractivity contribution in [1.82, 2.24) is 21.3 Å². The molecule has 0 bridgehead atoms. The van der Waals surface area contributed by atoms with Crippen molar-refractivity contribution in [3.05, 3.63) is 83.9 Å². The van der Waals surface area contributed by atoms with Crippen LogP contribution in [0, 0.1) is 11.8 Å². The number of hydrogen-bond acceptors (Lipinski definition) is 6. The van der Waals surface area contributed by atoms with Gasteiger partial charge in [0.1, 0.15) is 18.7 Å². The first-order valence-electron chi connectivity index (χ1n) is 16.4. The van der Waals surface area contributed by atoms with Gasteiger partial charge in [0.25, 0.3) is 0 Å². The molecule has 1 saturated heterocycles. The van der Waals surface area contributed by atoms with Gasteiger partial charge in [-0.15, -0.1) is 0 Å². The minimum atomic E-state index is -5.08. The summed E-state index contributed by atoms with van der Waals surface area (Å²) in [5, 5.41) is 22.1. The number of halogens is 3.